The molecule has 0 bridgehead atoms. The zero-order chi connectivity index (χ0) is 22.4. The van der Waals surface area contributed by atoms with Gasteiger partial charge >= 0.3 is 0 Å². The smallest absolute Gasteiger partial charge is 0.260 e. The van der Waals surface area contributed by atoms with Crippen LogP contribution in [0.25, 0.3) is 0 Å². The Bertz CT molecular complexity index is 1240. The van der Waals surface area contributed by atoms with Crippen molar-refractivity contribution in [3.8, 4) is 0 Å². The summed E-state index contributed by atoms with van der Waals surface area (Å²) >= 11 is 1.33. The highest BCUT2D eigenvalue weighted by Gasteiger charge is 2.48. The second-order valence-electron chi connectivity index (χ2n) is 8.23. The average Bonchev–Trinajstić information content (AvgIpc) is 3.32. The van der Waals surface area contributed by atoms with Crippen LogP contribution in [-0.2, 0) is 11.2 Å². The van der Waals surface area contributed by atoms with Crippen molar-refractivity contribution in [3.63, 3.8) is 0 Å². The fourth-order valence-corrected chi connectivity index (χ4v) is 5.15. The number of carbonyl (C=O) groups is 3. The SMILES string of the molecule is CC(C)Cc1nnc(NC(=O)CN2C(=O)c3ccccc3N3C(=O)c4ccccc4[C@H]23)s1. The van der Waals surface area contributed by atoms with E-state index in [2.05, 4.69) is 29.4 Å². The monoisotopic (exact) mass is 447 g/mol. The molecule has 8 nitrogen and oxygen atoms in total. The number of nitrogens with one attached hydrogen (secondary N) is 1. The number of nitrogens with zero attached hydrogens (tertiary/aromatic N) is 4. The third-order valence-electron chi connectivity index (χ3n) is 5.49. The van der Waals surface area contributed by atoms with Crippen LogP contribution in [0, 0.1) is 5.92 Å². The van der Waals surface area contributed by atoms with Gasteiger partial charge in [0, 0.05) is 17.5 Å². The number of benzene rings is 2. The van der Waals surface area contributed by atoms with Crippen molar-refractivity contribution in [2.24, 2.45) is 5.92 Å². The van der Waals surface area contributed by atoms with Crippen LogP contribution in [0.15, 0.2) is 48.5 Å². The molecular weight excluding hydrogens is 426 g/mol. The molecule has 0 aliphatic carbocycles. The van der Waals surface area contributed by atoms with E-state index in [1.165, 1.54) is 16.2 Å². The van der Waals surface area contributed by atoms with Gasteiger partial charge in [0.15, 0.2) is 0 Å². The molecule has 3 amide bonds. The van der Waals surface area contributed by atoms with Crippen LogP contribution in [0.1, 0.15) is 51.3 Å². The fourth-order valence-electron chi connectivity index (χ4n) is 4.18. The summed E-state index contributed by atoms with van der Waals surface area (Å²) in [5.74, 6) is -0.428. The molecule has 32 heavy (non-hydrogen) atoms. The predicted octanol–water partition coefficient (Wildman–Crippen LogP) is 3.49. The molecule has 0 unspecified atom stereocenters. The standard InChI is InChI=1S/C23H21N5O3S/c1-13(2)11-19-25-26-23(32-19)24-18(29)12-27-20-14-7-3-4-8-15(14)22(31)28(20)17-10-6-5-9-16(17)21(27)30/h3-10,13,20H,11-12H2,1-2H3,(H,24,26,29)/t20-/m1/s1. The summed E-state index contributed by atoms with van der Waals surface area (Å²) in [6, 6.07) is 14.2. The minimum absolute atomic E-state index is 0.182. The Balaban J connectivity index is 1.45. The minimum atomic E-state index is -0.669. The number of para-hydroxylation sites is 1. The molecule has 2 aromatic carbocycles. The Morgan fingerprint density at radius 1 is 1.03 bits per heavy atom. The van der Waals surface area contributed by atoms with Gasteiger partial charge in [-0.3, -0.25) is 24.6 Å². The van der Waals surface area contributed by atoms with Gasteiger partial charge in [0.25, 0.3) is 11.8 Å². The molecule has 1 aromatic heterocycles. The average molecular weight is 448 g/mol. The van der Waals surface area contributed by atoms with Crippen LogP contribution < -0.4 is 10.2 Å². The quantitative estimate of drug-likeness (QED) is 0.646. The molecule has 0 saturated carbocycles. The third kappa shape index (κ3) is 3.34. The van der Waals surface area contributed by atoms with E-state index < -0.39 is 6.17 Å². The summed E-state index contributed by atoms with van der Waals surface area (Å²) in [7, 11) is 0. The molecule has 3 heterocycles. The van der Waals surface area contributed by atoms with E-state index in [0.29, 0.717) is 33.4 Å². The van der Waals surface area contributed by atoms with Crippen LogP contribution in [0.3, 0.4) is 0 Å². The molecule has 0 spiro atoms. The van der Waals surface area contributed by atoms with Crippen LogP contribution in [0.2, 0.25) is 0 Å². The molecule has 3 aromatic rings. The van der Waals surface area contributed by atoms with Crippen LogP contribution in [0.4, 0.5) is 10.8 Å². The van der Waals surface area contributed by atoms with E-state index in [0.717, 1.165) is 11.4 Å². The molecule has 0 radical (unpaired) electrons. The molecule has 0 fully saturated rings. The zero-order valence-electron chi connectivity index (χ0n) is 17.6. The zero-order valence-corrected chi connectivity index (χ0v) is 18.4. The van der Waals surface area contributed by atoms with E-state index in [-0.39, 0.29) is 24.3 Å². The first kappa shape index (κ1) is 20.3. The number of hydrogen-bond donors (Lipinski definition) is 1. The topological polar surface area (TPSA) is 95.5 Å². The van der Waals surface area contributed by atoms with Crippen molar-refractivity contribution in [2.45, 2.75) is 26.4 Å². The maximum atomic E-state index is 13.4. The molecule has 2 aliphatic rings. The van der Waals surface area contributed by atoms with E-state index in [4.69, 9.17) is 0 Å². The fraction of sp³-hybridized carbons (Fsp3) is 0.261. The van der Waals surface area contributed by atoms with Gasteiger partial charge < -0.3 is 4.90 Å². The van der Waals surface area contributed by atoms with Gasteiger partial charge in [-0.05, 0) is 24.1 Å². The van der Waals surface area contributed by atoms with Gasteiger partial charge in [-0.1, -0.05) is 55.5 Å². The van der Waals surface area contributed by atoms with Gasteiger partial charge in [0.05, 0.1) is 11.3 Å². The molecule has 2 aliphatic heterocycles. The lowest BCUT2D eigenvalue weighted by Crippen LogP contribution is -2.50. The van der Waals surface area contributed by atoms with Crippen LogP contribution in [-0.4, -0.2) is 39.4 Å². The first-order valence-electron chi connectivity index (χ1n) is 10.4. The van der Waals surface area contributed by atoms with Crippen molar-refractivity contribution in [1.82, 2.24) is 15.1 Å². The van der Waals surface area contributed by atoms with Gasteiger partial charge in [0.1, 0.15) is 17.7 Å². The summed E-state index contributed by atoms with van der Waals surface area (Å²) in [5, 5.41) is 12.2. The van der Waals surface area contributed by atoms with E-state index >= 15 is 0 Å². The van der Waals surface area contributed by atoms with Crippen molar-refractivity contribution in [3.05, 3.63) is 70.2 Å². The first-order chi connectivity index (χ1) is 15.4. The third-order valence-corrected chi connectivity index (χ3v) is 6.35. The number of fused-ring (bicyclic) bond motifs is 5. The number of aromatic nitrogens is 2. The Hall–Kier alpha value is -3.59. The second-order valence-corrected chi connectivity index (χ2v) is 9.30. The molecule has 5 rings (SSSR count). The Morgan fingerprint density at radius 3 is 2.53 bits per heavy atom. The highest BCUT2D eigenvalue weighted by atomic mass is 32.1. The highest BCUT2D eigenvalue weighted by molar-refractivity contribution is 7.15. The molecular formula is C23H21N5O3S. The largest absolute Gasteiger partial charge is 0.304 e. The Morgan fingerprint density at radius 2 is 1.75 bits per heavy atom. The summed E-state index contributed by atoms with van der Waals surface area (Å²) in [6.45, 7) is 3.97. The second kappa shape index (κ2) is 7.83. The van der Waals surface area contributed by atoms with Gasteiger partial charge in [-0.2, -0.15) is 0 Å². The summed E-state index contributed by atoms with van der Waals surface area (Å²) in [6.07, 6.45) is 0.114. The van der Waals surface area contributed by atoms with Crippen molar-refractivity contribution >= 4 is 39.9 Å². The molecule has 1 atom stereocenters. The first-order valence-corrected chi connectivity index (χ1v) is 11.2. The minimum Gasteiger partial charge on any atom is -0.304 e. The van der Waals surface area contributed by atoms with E-state index in [1.807, 2.05) is 12.1 Å². The molecule has 0 saturated heterocycles. The number of amides is 3. The van der Waals surface area contributed by atoms with Crippen molar-refractivity contribution in [1.29, 1.82) is 0 Å². The maximum Gasteiger partial charge on any atom is 0.260 e. The molecule has 162 valence electrons. The van der Waals surface area contributed by atoms with E-state index in [9.17, 15) is 14.4 Å². The highest BCUT2D eigenvalue weighted by Crippen LogP contribution is 2.44. The molecule has 1 N–H and O–H groups in total. The lowest BCUT2D eigenvalue weighted by Gasteiger charge is -2.40. The molecule has 9 heteroatoms. The van der Waals surface area contributed by atoms with Gasteiger partial charge in [-0.25, -0.2) is 0 Å². The lowest BCUT2D eigenvalue weighted by molar-refractivity contribution is -0.117. The van der Waals surface area contributed by atoms with Crippen LogP contribution in [0.5, 0.6) is 0 Å². The van der Waals surface area contributed by atoms with Crippen molar-refractivity contribution < 1.29 is 14.4 Å². The maximum absolute atomic E-state index is 13.4. The Labute approximate surface area is 188 Å². The van der Waals surface area contributed by atoms with Crippen molar-refractivity contribution in [2.75, 3.05) is 16.8 Å². The number of rotatable bonds is 5. The summed E-state index contributed by atoms with van der Waals surface area (Å²) < 4.78 is 0. The van der Waals surface area contributed by atoms with Gasteiger partial charge in [-0.15, -0.1) is 10.2 Å². The number of anilines is 2. The lowest BCUT2D eigenvalue weighted by atomic mass is 10.0. The van der Waals surface area contributed by atoms with Gasteiger partial charge in [0.2, 0.25) is 11.0 Å². The number of carbonyl (C=O) groups excluding carboxylic acids is 3. The summed E-state index contributed by atoms with van der Waals surface area (Å²) in [4.78, 5) is 42.5. The number of hydrogen-bond acceptors (Lipinski definition) is 6. The van der Waals surface area contributed by atoms with E-state index in [1.54, 1.807) is 41.3 Å². The Kier molecular flexibility index (Phi) is 4.97. The normalized spacial score (nSPS) is 16.8. The van der Waals surface area contributed by atoms with Crippen LogP contribution >= 0.6 is 11.3 Å². The summed E-state index contributed by atoms with van der Waals surface area (Å²) in [5.41, 5.74) is 2.20. The predicted molar refractivity (Wildman–Crippen MR) is 121 cm³/mol.